The van der Waals surface area contributed by atoms with Crippen LogP contribution in [0.1, 0.15) is 11.4 Å². The molecule has 4 rings (SSSR count). The second-order valence-corrected chi connectivity index (χ2v) is 8.92. The first-order chi connectivity index (χ1) is 16.5. The summed E-state index contributed by atoms with van der Waals surface area (Å²) >= 11 is 0. The van der Waals surface area contributed by atoms with Crippen molar-refractivity contribution in [2.24, 2.45) is 0 Å². The molecule has 0 aliphatic carbocycles. The van der Waals surface area contributed by atoms with Crippen molar-refractivity contribution in [2.45, 2.75) is 30.8 Å². The Morgan fingerprint density at radius 2 is 1.83 bits per heavy atom. The average Bonchev–Trinajstić information content (AvgIpc) is 3.25. The molecule has 11 nitrogen and oxygen atoms in total. The number of aromatic nitrogens is 4. The molecule has 1 N–H and O–H groups in total. The van der Waals surface area contributed by atoms with Gasteiger partial charge in [0.25, 0.3) is 0 Å². The molecule has 0 unspecified atom stereocenters. The van der Waals surface area contributed by atoms with Gasteiger partial charge in [-0.1, -0.05) is 11.3 Å². The highest BCUT2D eigenvalue weighted by atomic mass is 32.2. The number of carboxylic acids is 1. The number of sulfonamides is 1. The molecule has 0 saturated carbocycles. The van der Waals surface area contributed by atoms with Crippen molar-refractivity contribution in [1.29, 1.82) is 0 Å². The number of methoxy groups -OCH3 is 1. The molecule has 0 spiro atoms. The topological polar surface area (TPSA) is 137 Å². The van der Waals surface area contributed by atoms with Gasteiger partial charge in [0.15, 0.2) is 0 Å². The van der Waals surface area contributed by atoms with E-state index in [4.69, 9.17) is 19.4 Å². The number of pyridine rings is 1. The summed E-state index contributed by atoms with van der Waals surface area (Å²) in [6.07, 6.45) is -3.45. The van der Waals surface area contributed by atoms with E-state index >= 15 is 0 Å². The predicted molar refractivity (Wildman–Crippen MR) is 113 cm³/mol. The second-order valence-electron chi connectivity index (χ2n) is 6.98. The number of rotatable bonds is 6. The quantitative estimate of drug-likeness (QED) is 0.523. The average molecular weight is 515 g/mol. The van der Waals surface area contributed by atoms with E-state index in [9.17, 15) is 21.6 Å². The van der Waals surface area contributed by atoms with Gasteiger partial charge >= 0.3 is 12.1 Å². The molecule has 35 heavy (non-hydrogen) atoms. The molecular weight excluding hydrogens is 495 g/mol. The van der Waals surface area contributed by atoms with Gasteiger partial charge in [0, 0.05) is 18.8 Å². The summed E-state index contributed by atoms with van der Waals surface area (Å²) in [5, 5.41) is 15.4. The standard InChI is InChI=1S/C18H19N5O4S.C2HF3O2/c1-26-14-5-7-15(8-6-14)28(24,25)22-10-11-23-17(12-22)16(20-21-23)13-27-18-4-2-3-9-19-18;3-2(4,5)1(6)7/h2-9H,10-13H2,1H3;(H,6,7). The second kappa shape index (κ2) is 10.7. The Labute approximate surface area is 197 Å². The molecule has 0 atom stereocenters. The third-order valence-electron chi connectivity index (χ3n) is 4.74. The van der Waals surface area contributed by atoms with Crippen LogP contribution < -0.4 is 9.47 Å². The Balaban J connectivity index is 0.000000429. The summed E-state index contributed by atoms with van der Waals surface area (Å²) in [4.78, 5) is 13.2. The predicted octanol–water partition coefficient (Wildman–Crippen LogP) is 2.10. The minimum atomic E-state index is -5.08. The number of carboxylic acid groups (broad SMARTS) is 1. The highest BCUT2D eigenvalue weighted by molar-refractivity contribution is 7.89. The number of hydrogen-bond acceptors (Lipinski definition) is 8. The van der Waals surface area contributed by atoms with Gasteiger partial charge < -0.3 is 14.6 Å². The van der Waals surface area contributed by atoms with Crippen LogP contribution in [0.3, 0.4) is 0 Å². The number of halogens is 3. The minimum absolute atomic E-state index is 0.169. The van der Waals surface area contributed by atoms with Crippen molar-refractivity contribution in [3.63, 3.8) is 0 Å². The molecule has 2 aromatic heterocycles. The first-order valence-electron chi connectivity index (χ1n) is 9.91. The van der Waals surface area contributed by atoms with Crippen LogP contribution >= 0.6 is 0 Å². The SMILES string of the molecule is COc1ccc(S(=O)(=O)N2CCn3nnc(COc4ccccn4)c3C2)cc1.O=C(O)C(F)(F)F. The van der Waals surface area contributed by atoms with Crippen LogP contribution in [0.4, 0.5) is 13.2 Å². The minimum Gasteiger partial charge on any atom is -0.497 e. The highest BCUT2D eigenvalue weighted by Crippen LogP contribution is 2.24. The van der Waals surface area contributed by atoms with Crippen LogP contribution in [0, 0.1) is 0 Å². The maximum absolute atomic E-state index is 13.0. The lowest BCUT2D eigenvalue weighted by Crippen LogP contribution is -2.38. The van der Waals surface area contributed by atoms with Crippen molar-refractivity contribution in [1.82, 2.24) is 24.3 Å². The van der Waals surface area contributed by atoms with Crippen molar-refractivity contribution >= 4 is 16.0 Å². The van der Waals surface area contributed by atoms with Gasteiger partial charge in [-0.15, -0.1) is 5.10 Å². The third-order valence-corrected chi connectivity index (χ3v) is 6.60. The van der Waals surface area contributed by atoms with Crippen LogP contribution in [-0.4, -0.2) is 63.6 Å². The number of hydrogen-bond donors (Lipinski definition) is 1. The number of benzene rings is 1. The highest BCUT2D eigenvalue weighted by Gasteiger charge is 2.38. The van der Waals surface area contributed by atoms with Crippen LogP contribution in [0.5, 0.6) is 11.6 Å². The van der Waals surface area contributed by atoms with Crippen LogP contribution in [-0.2, 0) is 34.5 Å². The van der Waals surface area contributed by atoms with Gasteiger partial charge in [-0.25, -0.2) is 22.9 Å². The van der Waals surface area contributed by atoms with Crippen molar-refractivity contribution in [2.75, 3.05) is 13.7 Å². The van der Waals surface area contributed by atoms with Crippen molar-refractivity contribution < 1.29 is 41.0 Å². The summed E-state index contributed by atoms with van der Waals surface area (Å²) in [6, 6.07) is 11.7. The first-order valence-corrected chi connectivity index (χ1v) is 11.4. The van der Waals surface area contributed by atoms with E-state index in [-0.39, 0.29) is 18.0 Å². The van der Waals surface area contributed by atoms with Gasteiger partial charge in [0.1, 0.15) is 18.1 Å². The molecule has 1 aromatic carbocycles. The molecule has 0 bridgehead atoms. The fraction of sp³-hybridized carbons (Fsp3) is 0.300. The van der Waals surface area contributed by atoms with E-state index in [1.165, 1.54) is 11.4 Å². The molecule has 0 fully saturated rings. The molecule has 1 aliphatic heterocycles. The number of ether oxygens (including phenoxy) is 2. The fourth-order valence-corrected chi connectivity index (χ4v) is 4.35. The van der Waals surface area contributed by atoms with Gasteiger partial charge in [0.2, 0.25) is 15.9 Å². The Hall–Kier alpha value is -3.72. The normalized spacial score (nSPS) is 13.8. The number of nitrogens with zero attached hydrogens (tertiary/aromatic N) is 5. The summed E-state index contributed by atoms with van der Waals surface area (Å²) in [7, 11) is -2.10. The molecule has 1 aliphatic rings. The van der Waals surface area contributed by atoms with Gasteiger partial charge in [0.05, 0.1) is 30.8 Å². The molecule has 3 heterocycles. The Morgan fingerprint density at radius 1 is 1.14 bits per heavy atom. The lowest BCUT2D eigenvalue weighted by Gasteiger charge is -2.27. The van der Waals surface area contributed by atoms with Gasteiger partial charge in [-0.2, -0.15) is 17.5 Å². The largest absolute Gasteiger partial charge is 0.497 e. The fourth-order valence-electron chi connectivity index (χ4n) is 2.96. The van der Waals surface area contributed by atoms with Crippen molar-refractivity contribution in [3.05, 3.63) is 60.0 Å². The smallest absolute Gasteiger partial charge is 0.490 e. The maximum atomic E-state index is 13.0. The summed E-state index contributed by atoms with van der Waals surface area (Å²) in [5.41, 5.74) is 1.32. The zero-order chi connectivity index (χ0) is 25.6. The van der Waals surface area contributed by atoms with Crippen LogP contribution in [0.15, 0.2) is 53.6 Å². The monoisotopic (exact) mass is 515 g/mol. The number of carbonyl (C=O) groups is 1. The first kappa shape index (κ1) is 25.9. The molecule has 0 saturated heterocycles. The zero-order valence-electron chi connectivity index (χ0n) is 18.2. The van der Waals surface area contributed by atoms with E-state index in [1.54, 1.807) is 47.3 Å². The lowest BCUT2D eigenvalue weighted by atomic mass is 10.3. The van der Waals surface area contributed by atoms with E-state index in [1.807, 2.05) is 6.07 Å². The van der Waals surface area contributed by atoms with Crippen molar-refractivity contribution in [3.8, 4) is 11.6 Å². The molecular formula is C20H20F3N5O6S. The van der Waals surface area contributed by atoms with E-state index < -0.39 is 22.2 Å². The van der Waals surface area contributed by atoms with Crippen LogP contribution in [0.2, 0.25) is 0 Å². The summed E-state index contributed by atoms with van der Waals surface area (Å²) < 4.78 is 71.6. The number of aliphatic carboxylic acids is 1. The van der Waals surface area contributed by atoms with Gasteiger partial charge in [-0.3, -0.25) is 0 Å². The van der Waals surface area contributed by atoms with E-state index in [0.717, 1.165) is 5.69 Å². The Morgan fingerprint density at radius 3 is 2.40 bits per heavy atom. The maximum Gasteiger partial charge on any atom is 0.490 e. The molecule has 3 aromatic rings. The van der Waals surface area contributed by atoms with Crippen LogP contribution in [0.25, 0.3) is 0 Å². The molecule has 0 radical (unpaired) electrons. The summed E-state index contributed by atoms with van der Waals surface area (Å²) in [6.45, 7) is 1.11. The Bertz CT molecular complexity index is 1250. The molecule has 0 amide bonds. The lowest BCUT2D eigenvalue weighted by molar-refractivity contribution is -0.192. The number of fused-ring (bicyclic) bond motifs is 1. The molecule has 188 valence electrons. The Kier molecular flexibility index (Phi) is 7.91. The zero-order valence-corrected chi connectivity index (χ0v) is 19.0. The number of alkyl halides is 3. The van der Waals surface area contributed by atoms with E-state index in [0.29, 0.717) is 30.4 Å². The molecule has 15 heteroatoms. The summed E-state index contributed by atoms with van der Waals surface area (Å²) in [5.74, 6) is -1.68. The van der Waals surface area contributed by atoms with Gasteiger partial charge in [-0.05, 0) is 30.3 Å². The van der Waals surface area contributed by atoms with E-state index in [2.05, 4.69) is 15.3 Å². The third kappa shape index (κ3) is 6.45.